The van der Waals surface area contributed by atoms with Gasteiger partial charge in [0.15, 0.2) is 0 Å². The van der Waals surface area contributed by atoms with Crippen LogP contribution in [0.2, 0.25) is 0 Å². The average Bonchev–Trinajstić information content (AvgIpc) is 3.54. The Bertz CT molecular complexity index is 1450. The molecule has 3 aromatic heterocycles. The number of aromatic nitrogens is 5. The Morgan fingerprint density at radius 1 is 1.03 bits per heavy atom. The van der Waals surface area contributed by atoms with E-state index in [-0.39, 0.29) is 11.9 Å². The van der Waals surface area contributed by atoms with Crippen LogP contribution in [0.25, 0.3) is 33.5 Å². The number of halogens is 1. The quantitative estimate of drug-likeness (QED) is 0.403. The second-order valence-electron chi connectivity index (χ2n) is 8.34. The highest BCUT2D eigenvalue weighted by Crippen LogP contribution is 2.40. The third-order valence-corrected chi connectivity index (χ3v) is 6.38. The first-order chi connectivity index (χ1) is 16.2. The fraction of sp³-hybridized carbons (Fsp3) is 0.192. The molecule has 4 heterocycles. The number of benzene rings is 2. The summed E-state index contributed by atoms with van der Waals surface area (Å²) in [6.45, 7) is 0.844. The Balaban J connectivity index is 1.50. The van der Waals surface area contributed by atoms with Gasteiger partial charge in [0, 0.05) is 43.5 Å². The molecule has 0 spiro atoms. The zero-order valence-corrected chi connectivity index (χ0v) is 18.2. The number of imidazole rings is 1. The predicted octanol–water partition coefficient (Wildman–Crippen LogP) is 5.33. The van der Waals surface area contributed by atoms with E-state index in [0.29, 0.717) is 5.95 Å². The first kappa shape index (κ1) is 19.7. The third-order valence-electron chi connectivity index (χ3n) is 6.38. The summed E-state index contributed by atoms with van der Waals surface area (Å²) in [7, 11) is 1.81. The van der Waals surface area contributed by atoms with Crippen molar-refractivity contribution in [1.29, 1.82) is 0 Å². The van der Waals surface area contributed by atoms with Gasteiger partial charge in [-0.05, 0) is 54.3 Å². The second kappa shape index (κ2) is 7.85. The smallest absolute Gasteiger partial charge is 0.222 e. The third kappa shape index (κ3) is 3.36. The minimum atomic E-state index is -0.260. The van der Waals surface area contributed by atoms with Gasteiger partial charge in [-0.25, -0.2) is 19.3 Å². The van der Waals surface area contributed by atoms with E-state index in [1.54, 1.807) is 25.4 Å². The molecule has 33 heavy (non-hydrogen) atoms. The van der Waals surface area contributed by atoms with Gasteiger partial charge < -0.3 is 14.5 Å². The van der Waals surface area contributed by atoms with E-state index in [9.17, 15) is 4.39 Å². The molecule has 0 saturated carbocycles. The van der Waals surface area contributed by atoms with Gasteiger partial charge in [0.25, 0.3) is 0 Å². The van der Waals surface area contributed by atoms with Crippen molar-refractivity contribution in [3.63, 3.8) is 0 Å². The van der Waals surface area contributed by atoms with Crippen molar-refractivity contribution in [1.82, 2.24) is 24.1 Å². The van der Waals surface area contributed by atoms with Crippen LogP contribution in [-0.2, 0) is 13.0 Å². The predicted molar refractivity (Wildman–Crippen MR) is 127 cm³/mol. The number of para-hydroxylation sites is 1. The highest BCUT2D eigenvalue weighted by Gasteiger charge is 2.31. The van der Waals surface area contributed by atoms with Crippen molar-refractivity contribution in [2.45, 2.75) is 25.4 Å². The van der Waals surface area contributed by atoms with Gasteiger partial charge in [-0.2, -0.15) is 0 Å². The Labute approximate surface area is 190 Å². The van der Waals surface area contributed by atoms with Crippen LogP contribution in [0, 0.1) is 5.82 Å². The maximum atomic E-state index is 13.6. The SMILES string of the molecule is CNc1nccc(-c2c(-c3ccc(F)cc3)nc3n2[C@H](Cn2ccc4ccccc42)CC3)n1. The summed E-state index contributed by atoms with van der Waals surface area (Å²) in [5.41, 5.74) is 4.69. The fourth-order valence-corrected chi connectivity index (χ4v) is 4.84. The molecule has 0 unspecified atom stereocenters. The van der Waals surface area contributed by atoms with Gasteiger partial charge in [-0.15, -0.1) is 0 Å². The van der Waals surface area contributed by atoms with Gasteiger partial charge in [0.1, 0.15) is 11.6 Å². The normalized spacial score (nSPS) is 15.2. The highest BCUT2D eigenvalue weighted by atomic mass is 19.1. The van der Waals surface area contributed by atoms with Crippen LogP contribution in [0.5, 0.6) is 0 Å². The van der Waals surface area contributed by atoms with Crippen molar-refractivity contribution < 1.29 is 4.39 Å². The van der Waals surface area contributed by atoms with Crippen molar-refractivity contribution in [2.24, 2.45) is 0 Å². The molecule has 0 bridgehead atoms. The Morgan fingerprint density at radius 3 is 2.73 bits per heavy atom. The van der Waals surface area contributed by atoms with Crippen LogP contribution in [-0.4, -0.2) is 31.1 Å². The van der Waals surface area contributed by atoms with E-state index in [0.717, 1.165) is 47.9 Å². The van der Waals surface area contributed by atoms with Gasteiger partial charge in [-0.3, -0.25) is 0 Å². The molecule has 0 radical (unpaired) electrons. The second-order valence-corrected chi connectivity index (χ2v) is 8.34. The molecule has 6 rings (SSSR count). The Morgan fingerprint density at radius 2 is 1.88 bits per heavy atom. The molecule has 2 aromatic carbocycles. The maximum absolute atomic E-state index is 13.6. The molecule has 6 nitrogen and oxygen atoms in total. The number of hydrogen-bond acceptors (Lipinski definition) is 4. The molecule has 0 amide bonds. The van der Waals surface area contributed by atoms with E-state index >= 15 is 0 Å². The van der Waals surface area contributed by atoms with E-state index in [1.165, 1.54) is 23.0 Å². The molecule has 1 N–H and O–H groups in total. The van der Waals surface area contributed by atoms with E-state index < -0.39 is 0 Å². The molecule has 1 aliphatic rings. The lowest BCUT2D eigenvalue weighted by Crippen LogP contribution is -2.13. The van der Waals surface area contributed by atoms with Crippen LogP contribution >= 0.6 is 0 Å². The number of rotatable bonds is 5. The summed E-state index contributed by atoms with van der Waals surface area (Å²) in [6, 6.07) is 19.3. The number of nitrogens with one attached hydrogen (secondary N) is 1. The number of nitrogens with zero attached hydrogens (tertiary/aromatic N) is 5. The van der Waals surface area contributed by atoms with Crippen molar-refractivity contribution in [3.8, 4) is 22.6 Å². The van der Waals surface area contributed by atoms with E-state index in [2.05, 4.69) is 56.0 Å². The summed E-state index contributed by atoms with van der Waals surface area (Å²) < 4.78 is 18.3. The average molecular weight is 439 g/mol. The molecule has 7 heteroatoms. The molecule has 5 aromatic rings. The first-order valence-electron chi connectivity index (χ1n) is 11.1. The first-order valence-corrected chi connectivity index (χ1v) is 11.1. The molecule has 164 valence electrons. The van der Waals surface area contributed by atoms with Crippen molar-refractivity contribution in [2.75, 3.05) is 12.4 Å². The maximum Gasteiger partial charge on any atom is 0.222 e. The van der Waals surface area contributed by atoms with Gasteiger partial charge in [-0.1, -0.05) is 18.2 Å². The number of hydrogen-bond donors (Lipinski definition) is 1. The summed E-state index contributed by atoms with van der Waals surface area (Å²) in [5.74, 6) is 1.33. The lowest BCUT2D eigenvalue weighted by molar-refractivity contribution is 0.459. The minimum absolute atomic E-state index is 0.237. The van der Waals surface area contributed by atoms with Gasteiger partial charge in [0.2, 0.25) is 5.95 Å². The van der Waals surface area contributed by atoms with Crippen molar-refractivity contribution >= 4 is 16.9 Å². The minimum Gasteiger partial charge on any atom is -0.357 e. The number of fused-ring (bicyclic) bond motifs is 2. The zero-order chi connectivity index (χ0) is 22.4. The highest BCUT2D eigenvalue weighted by molar-refractivity contribution is 5.80. The standard InChI is InChI=1S/C26H23FN6/c1-28-26-29-14-12-21(30-26)25-24(18-6-8-19(27)9-7-18)31-23-11-10-20(33(23)25)16-32-15-13-17-4-2-3-5-22(17)32/h2-9,12-15,20H,10-11,16H2,1H3,(H,28,29,30)/t20-/m0/s1. The monoisotopic (exact) mass is 438 g/mol. The molecule has 1 atom stereocenters. The molecule has 0 saturated heterocycles. The molecule has 0 aliphatic carbocycles. The lowest BCUT2D eigenvalue weighted by atomic mass is 10.1. The molecule has 1 aliphatic heterocycles. The Kier molecular flexibility index (Phi) is 4.68. The lowest BCUT2D eigenvalue weighted by Gasteiger charge is -2.19. The largest absolute Gasteiger partial charge is 0.357 e. The summed E-state index contributed by atoms with van der Waals surface area (Å²) in [4.78, 5) is 14.0. The number of aryl methyl sites for hydroxylation is 1. The van der Waals surface area contributed by atoms with Crippen LogP contribution < -0.4 is 5.32 Å². The van der Waals surface area contributed by atoms with Crippen molar-refractivity contribution in [3.05, 3.63) is 84.7 Å². The molecular weight excluding hydrogens is 415 g/mol. The number of anilines is 1. The van der Waals surface area contributed by atoms with Crippen LogP contribution in [0.15, 0.2) is 73.1 Å². The molecule has 0 fully saturated rings. The Hall–Kier alpha value is -4.00. The zero-order valence-electron chi connectivity index (χ0n) is 18.2. The van der Waals surface area contributed by atoms with Crippen LogP contribution in [0.1, 0.15) is 18.3 Å². The summed E-state index contributed by atoms with van der Waals surface area (Å²) in [5, 5.41) is 4.26. The summed E-state index contributed by atoms with van der Waals surface area (Å²) >= 11 is 0. The van der Waals surface area contributed by atoms with Gasteiger partial charge >= 0.3 is 0 Å². The van der Waals surface area contributed by atoms with Crippen LogP contribution in [0.4, 0.5) is 10.3 Å². The van der Waals surface area contributed by atoms with E-state index in [4.69, 9.17) is 9.97 Å². The fourth-order valence-electron chi connectivity index (χ4n) is 4.84. The van der Waals surface area contributed by atoms with Crippen LogP contribution in [0.3, 0.4) is 0 Å². The van der Waals surface area contributed by atoms with Gasteiger partial charge in [0.05, 0.1) is 23.1 Å². The molecular formula is C26H23FN6. The topological polar surface area (TPSA) is 60.6 Å². The van der Waals surface area contributed by atoms with E-state index in [1.807, 2.05) is 6.07 Å². The summed E-state index contributed by atoms with van der Waals surface area (Å²) in [6.07, 6.45) is 5.81.